The molecule has 1 saturated carbocycles. The second kappa shape index (κ2) is 10.1. The molecule has 5 heteroatoms. The van der Waals surface area contributed by atoms with Crippen molar-refractivity contribution in [2.75, 3.05) is 7.11 Å². The Kier molecular flexibility index (Phi) is 7.51. The standard InChI is InChI=1S/C25H33NO4/c1-18(15-19-9-5-3-6-10-19)17-25(26,28)20-13-14-23(22(16-20)24(27)29-2)30-21-11-7-4-8-12-21/h3,5-6,9-10,13-14,16,18,21,28H,4,7-8,11-12,15,17,26H2,1-2H3/t18-,25-/m1/s1. The number of esters is 1. The van der Waals surface area contributed by atoms with Crippen molar-refractivity contribution in [3.8, 4) is 5.75 Å². The first-order chi connectivity index (χ1) is 14.4. The highest BCUT2D eigenvalue weighted by atomic mass is 16.5. The van der Waals surface area contributed by atoms with Gasteiger partial charge in [-0.2, -0.15) is 0 Å². The van der Waals surface area contributed by atoms with Crippen molar-refractivity contribution in [1.29, 1.82) is 0 Å². The van der Waals surface area contributed by atoms with Crippen molar-refractivity contribution < 1.29 is 19.4 Å². The van der Waals surface area contributed by atoms with E-state index < -0.39 is 11.7 Å². The minimum absolute atomic E-state index is 0.107. The molecule has 3 rings (SSSR count). The van der Waals surface area contributed by atoms with Gasteiger partial charge in [-0.15, -0.1) is 0 Å². The molecule has 3 N–H and O–H groups in total. The first-order valence-electron chi connectivity index (χ1n) is 10.8. The predicted octanol–water partition coefficient (Wildman–Crippen LogP) is 4.56. The fourth-order valence-corrected chi connectivity index (χ4v) is 4.27. The summed E-state index contributed by atoms with van der Waals surface area (Å²) in [5, 5.41) is 11.0. The van der Waals surface area contributed by atoms with E-state index in [2.05, 4.69) is 19.1 Å². The number of benzene rings is 2. The first-order valence-corrected chi connectivity index (χ1v) is 10.8. The van der Waals surface area contributed by atoms with Crippen molar-refractivity contribution in [2.24, 2.45) is 11.7 Å². The number of rotatable bonds is 8. The predicted molar refractivity (Wildman–Crippen MR) is 117 cm³/mol. The second-order valence-electron chi connectivity index (χ2n) is 8.50. The fraction of sp³-hybridized carbons (Fsp3) is 0.480. The number of hydrogen-bond donors (Lipinski definition) is 2. The van der Waals surface area contributed by atoms with Gasteiger partial charge in [0.15, 0.2) is 0 Å². The number of hydrogen-bond acceptors (Lipinski definition) is 5. The van der Waals surface area contributed by atoms with Crippen LogP contribution in [-0.2, 0) is 16.9 Å². The highest BCUT2D eigenvalue weighted by Gasteiger charge is 2.29. The van der Waals surface area contributed by atoms with Crippen molar-refractivity contribution in [1.82, 2.24) is 0 Å². The number of ether oxygens (including phenoxy) is 2. The van der Waals surface area contributed by atoms with E-state index in [1.807, 2.05) is 18.2 Å². The zero-order valence-electron chi connectivity index (χ0n) is 18.0. The maximum atomic E-state index is 12.4. The van der Waals surface area contributed by atoms with Crippen LogP contribution in [0.25, 0.3) is 0 Å². The summed E-state index contributed by atoms with van der Waals surface area (Å²) in [5.74, 6) is 0.156. The lowest BCUT2D eigenvalue weighted by molar-refractivity contribution is 0.0193. The summed E-state index contributed by atoms with van der Waals surface area (Å²) < 4.78 is 11.1. The van der Waals surface area contributed by atoms with Crippen molar-refractivity contribution in [3.05, 3.63) is 65.2 Å². The molecule has 0 aliphatic heterocycles. The lowest BCUT2D eigenvalue weighted by atomic mass is 9.88. The Morgan fingerprint density at radius 2 is 1.87 bits per heavy atom. The Morgan fingerprint density at radius 3 is 2.53 bits per heavy atom. The average molecular weight is 412 g/mol. The molecule has 2 aromatic carbocycles. The third kappa shape index (κ3) is 5.83. The van der Waals surface area contributed by atoms with E-state index in [9.17, 15) is 9.90 Å². The molecule has 1 aliphatic rings. The Bertz CT molecular complexity index is 828. The van der Waals surface area contributed by atoms with Gasteiger partial charge in [-0.05, 0) is 67.7 Å². The van der Waals surface area contributed by atoms with E-state index in [0.717, 1.165) is 32.1 Å². The molecule has 0 radical (unpaired) electrons. The molecule has 2 aromatic rings. The number of carbonyl (C=O) groups excluding carboxylic acids is 1. The summed E-state index contributed by atoms with van der Waals surface area (Å²) in [5.41, 5.74) is 6.74. The second-order valence-corrected chi connectivity index (χ2v) is 8.50. The van der Waals surface area contributed by atoms with Gasteiger partial charge in [0, 0.05) is 0 Å². The molecule has 0 spiro atoms. The molecule has 0 unspecified atom stereocenters. The molecule has 162 valence electrons. The SMILES string of the molecule is COC(=O)c1cc([C@](N)(O)C[C@H](C)Cc2ccccc2)ccc1OC1CCCCC1. The van der Waals surface area contributed by atoms with Gasteiger partial charge in [0.25, 0.3) is 0 Å². The molecular weight excluding hydrogens is 378 g/mol. The summed E-state index contributed by atoms with van der Waals surface area (Å²) in [6.07, 6.45) is 6.76. The monoisotopic (exact) mass is 411 g/mol. The highest BCUT2D eigenvalue weighted by molar-refractivity contribution is 5.92. The molecule has 0 aromatic heterocycles. The van der Waals surface area contributed by atoms with Crippen LogP contribution in [0.4, 0.5) is 0 Å². The van der Waals surface area contributed by atoms with E-state index in [1.165, 1.54) is 19.1 Å². The van der Waals surface area contributed by atoms with Gasteiger partial charge in [-0.25, -0.2) is 4.79 Å². The minimum Gasteiger partial charge on any atom is -0.490 e. The Morgan fingerprint density at radius 1 is 1.17 bits per heavy atom. The topological polar surface area (TPSA) is 81.8 Å². The molecule has 30 heavy (non-hydrogen) atoms. The van der Waals surface area contributed by atoms with E-state index in [1.54, 1.807) is 18.2 Å². The lowest BCUT2D eigenvalue weighted by Gasteiger charge is -2.29. The van der Waals surface area contributed by atoms with Gasteiger partial charge >= 0.3 is 5.97 Å². The zero-order valence-corrected chi connectivity index (χ0v) is 18.0. The van der Waals surface area contributed by atoms with Crippen LogP contribution in [0.3, 0.4) is 0 Å². The highest BCUT2D eigenvalue weighted by Crippen LogP contribution is 2.32. The third-order valence-electron chi connectivity index (χ3n) is 5.82. The van der Waals surface area contributed by atoms with Crippen molar-refractivity contribution in [3.63, 3.8) is 0 Å². The Labute approximate surface area is 179 Å². The van der Waals surface area contributed by atoms with Crippen LogP contribution in [0, 0.1) is 5.92 Å². The Hall–Kier alpha value is -2.37. The van der Waals surface area contributed by atoms with Crippen LogP contribution in [0.2, 0.25) is 0 Å². The smallest absolute Gasteiger partial charge is 0.341 e. The van der Waals surface area contributed by atoms with E-state index in [4.69, 9.17) is 15.2 Å². The number of methoxy groups -OCH3 is 1. The van der Waals surface area contributed by atoms with Crippen molar-refractivity contribution >= 4 is 5.97 Å². The number of aliphatic hydroxyl groups is 1. The fourth-order valence-electron chi connectivity index (χ4n) is 4.27. The molecule has 0 saturated heterocycles. The van der Waals surface area contributed by atoms with Gasteiger partial charge in [-0.1, -0.05) is 49.7 Å². The molecular formula is C25H33NO4. The average Bonchev–Trinajstić information content (AvgIpc) is 2.74. The maximum absolute atomic E-state index is 12.4. The molecule has 2 atom stereocenters. The Balaban J connectivity index is 1.76. The van der Waals surface area contributed by atoms with Crippen LogP contribution >= 0.6 is 0 Å². The molecule has 0 amide bonds. The summed E-state index contributed by atoms with van der Waals surface area (Å²) in [7, 11) is 1.34. The zero-order chi connectivity index (χ0) is 21.6. The first kappa shape index (κ1) is 22.3. The summed E-state index contributed by atoms with van der Waals surface area (Å²) in [4.78, 5) is 12.4. The van der Waals surface area contributed by atoms with Crippen LogP contribution < -0.4 is 10.5 Å². The van der Waals surface area contributed by atoms with Gasteiger partial charge in [0.1, 0.15) is 17.0 Å². The quantitative estimate of drug-likeness (QED) is 0.492. The number of carbonyl (C=O) groups is 1. The van der Waals surface area contributed by atoms with Gasteiger partial charge in [0.2, 0.25) is 0 Å². The van der Waals surface area contributed by atoms with Crippen LogP contribution in [0.15, 0.2) is 48.5 Å². The van der Waals surface area contributed by atoms with Crippen LogP contribution in [0.5, 0.6) is 5.75 Å². The largest absolute Gasteiger partial charge is 0.490 e. The minimum atomic E-state index is -1.56. The van der Waals surface area contributed by atoms with E-state index in [0.29, 0.717) is 23.3 Å². The number of nitrogens with two attached hydrogens (primary N) is 1. The van der Waals surface area contributed by atoms with Gasteiger partial charge < -0.3 is 14.6 Å². The van der Waals surface area contributed by atoms with Gasteiger partial charge in [-0.3, -0.25) is 5.73 Å². The molecule has 0 bridgehead atoms. The van der Waals surface area contributed by atoms with Crippen molar-refractivity contribution in [2.45, 2.75) is 63.7 Å². The summed E-state index contributed by atoms with van der Waals surface area (Å²) >= 11 is 0. The summed E-state index contributed by atoms with van der Waals surface area (Å²) in [6.45, 7) is 2.06. The molecule has 1 fully saturated rings. The lowest BCUT2D eigenvalue weighted by Crippen LogP contribution is -2.38. The normalized spacial score (nSPS) is 17.7. The molecule has 1 aliphatic carbocycles. The summed E-state index contributed by atoms with van der Waals surface area (Å²) in [6, 6.07) is 15.2. The van der Waals surface area contributed by atoms with Gasteiger partial charge in [0.05, 0.1) is 13.2 Å². The third-order valence-corrected chi connectivity index (χ3v) is 5.82. The maximum Gasteiger partial charge on any atom is 0.341 e. The molecule has 5 nitrogen and oxygen atoms in total. The van der Waals surface area contributed by atoms with E-state index in [-0.39, 0.29) is 12.0 Å². The van der Waals surface area contributed by atoms with E-state index >= 15 is 0 Å². The van der Waals surface area contributed by atoms with Crippen LogP contribution in [0.1, 0.15) is 66.9 Å². The molecule has 0 heterocycles. The van der Waals surface area contributed by atoms with Crippen LogP contribution in [-0.4, -0.2) is 24.3 Å².